The molecule has 2 N–H and O–H groups in total. The van der Waals surface area contributed by atoms with Crippen molar-refractivity contribution in [2.45, 2.75) is 39.2 Å². The number of benzene rings is 1. The molecular formula is C16H24N2S. The largest absolute Gasteiger partial charge is 0.366 e. The third-order valence-electron chi connectivity index (χ3n) is 4.48. The van der Waals surface area contributed by atoms with Gasteiger partial charge in [-0.2, -0.15) is 0 Å². The van der Waals surface area contributed by atoms with Crippen molar-refractivity contribution in [1.82, 2.24) is 4.90 Å². The van der Waals surface area contributed by atoms with Crippen molar-refractivity contribution < 1.29 is 0 Å². The number of hydrogen-bond donors (Lipinski definition) is 1. The summed E-state index contributed by atoms with van der Waals surface area (Å²) < 4.78 is 0. The number of nitrogens with two attached hydrogens (primary N) is 1. The molecule has 1 aliphatic carbocycles. The highest BCUT2D eigenvalue weighted by Gasteiger charge is 2.47. The summed E-state index contributed by atoms with van der Waals surface area (Å²) in [6.07, 6.45) is 3.48. The van der Waals surface area contributed by atoms with Gasteiger partial charge >= 0.3 is 0 Å². The van der Waals surface area contributed by atoms with Gasteiger partial charge in [0.1, 0.15) is 0 Å². The minimum atomic E-state index is 0.00269. The lowest BCUT2D eigenvalue weighted by Gasteiger charge is -2.49. The minimum Gasteiger partial charge on any atom is -0.366 e. The molecule has 0 heterocycles. The molecule has 2 rings (SSSR count). The summed E-state index contributed by atoms with van der Waals surface area (Å²) in [5.74, 6) is 0. The van der Waals surface area contributed by atoms with Gasteiger partial charge in [0.25, 0.3) is 0 Å². The van der Waals surface area contributed by atoms with E-state index in [-0.39, 0.29) is 11.5 Å². The fourth-order valence-corrected chi connectivity index (χ4v) is 3.61. The van der Waals surface area contributed by atoms with E-state index in [9.17, 15) is 0 Å². The molecule has 104 valence electrons. The molecule has 0 amide bonds. The molecule has 1 saturated carbocycles. The third-order valence-corrected chi connectivity index (χ3v) is 5.14. The van der Waals surface area contributed by atoms with Crippen molar-refractivity contribution in [3.63, 3.8) is 0 Å². The minimum absolute atomic E-state index is 0.00269. The van der Waals surface area contributed by atoms with Crippen molar-refractivity contribution in [3.05, 3.63) is 35.9 Å². The van der Waals surface area contributed by atoms with E-state index in [1.54, 1.807) is 0 Å². The second-order valence-corrected chi connectivity index (χ2v) is 5.76. The first kappa shape index (κ1) is 14.5. The van der Waals surface area contributed by atoms with Crippen LogP contribution in [0.5, 0.6) is 0 Å². The maximum atomic E-state index is 6.57. The van der Waals surface area contributed by atoms with Crippen LogP contribution in [-0.2, 0) is 0 Å². The van der Waals surface area contributed by atoms with Crippen LogP contribution in [0.25, 0.3) is 0 Å². The second kappa shape index (κ2) is 6.02. The molecule has 1 aromatic carbocycles. The Labute approximate surface area is 122 Å². The first-order valence-electron chi connectivity index (χ1n) is 7.25. The van der Waals surface area contributed by atoms with Crippen LogP contribution in [0.15, 0.2) is 30.3 Å². The Hall–Kier alpha value is -0.930. The molecule has 1 unspecified atom stereocenters. The van der Waals surface area contributed by atoms with Gasteiger partial charge in [-0.1, -0.05) is 49.0 Å². The molecule has 0 spiro atoms. The van der Waals surface area contributed by atoms with E-state index in [1.165, 1.54) is 12.0 Å². The van der Waals surface area contributed by atoms with Crippen LogP contribution in [0.4, 0.5) is 0 Å². The summed E-state index contributed by atoms with van der Waals surface area (Å²) >= 11 is 5.78. The molecule has 1 fully saturated rings. The van der Waals surface area contributed by atoms with Gasteiger partial charge in [-0.05, 0) is 32.3 Å². The van der Waals surface area contributed by atoms with Crippen LogP contribution in [0, 0.1) is 5.41 Å². The van der Waals surface area contributed by atoms with Crippen molar-refractivity contribution in [2.75, 3.05) is 13.1 Å². The SMILES string of the molecule is CCN(CC)C(=S)C1(C(N)c2ccccc2)CCC1. The lowest BCUT2D eigenvalue weighted by atomic mass is 9.62. The Morgan fingerprint density at radius 1 is 1.26 bits per heavy atom. The van der Waals surface area contributed by atoms with Gasteiger partial charge in [-0.3, -0.25) is 0 Å². The van der Waals surface area contributed by atoms with Gasteiger partial charge < -0.3 is 10.6 Å². The summed E-state index contributed by atoms with van der Waals surface area (Å²) in [7, 11) is 0. The Balaban J connectivity index is 2.25. The van der Waals surface area contributed by atoms with E-state index >= 15 is 0 Å². The molecule has 0 radical (unpaired) electrons. The maximum absolute atomic E-state index is 6.57. The van der Waals surface area contributed by atoms with Crippen molar-refractivity contribution >= 4 is 17.2 Å². The predicted molar refractivity (Wildman–Crippen MR) is 85.2 cm³/mol. The normalized spacial score (nSPS) is 18.5. The maximum Gasteiger partial charge on any atom is 0.0860 e. The van der Waals surface area contributed by atoms with Crippen LogP contribution < -0.4 is 5.73 Å². The number of hydrogen-bond acceptors (Lipinski definition) is 2. The van der Waals surface area contributed by atoms with Crippen molar-refractivity contribution in [3.8, 4) is 0 Å². The van der Waals surface area contributed by atoms with Gasteiger partial charge in [0.05, 0.1) is 4.99 Å². The highest BCUT2D eigenvalue weighted by Crippen LogP contribution is 2.51. The zero-order chi connectivity index (χ0) is 13.9. The number of thiocarbonyl (C=S) groups is 1. The van der Waals surface area contributed by atoms with Crippen LogP contribution in [-0.4, -0.2) is 23.0 Å². The van der Waals surface area contributed by atoms with Crippen LogP contribution in [0.1, 0.15) is 44.7 Å². The van der Waals surface area contributed by atoms with E-state index < -0.39 is 0 Å². The van der Waals surface area contributed by atoms with Crippen LogP contribution in [0.3, 0.4) is 0 Å². The van der Waals surface area contributed by atoms with E-state index in [0.29, 0.717) is 0 Å². The molecule has 0 aliphatic heterocycles. The Bertz CT molecular complexity index is 422. The molecule has 0 bridgehead atoms. The van der Waals surface area contributed by atoms with Crippen LogP contribution in [0.2, 0.25) is 0 Å². The molecular weight excluding hydrogens is 252 g/mol. The lowest BCUT2D eigenvalue weighted by Crippen LogP contribution is -2.52. The molecule has 2 nitrogen and oxygen atoms in total. The van der Waals surface area contributed by atoms with E-state index in [1.807, 2.05) is 6.07 Å². The summed E-state index contributed by atoms with van der Waals surface area (Å²) in [4.78, 5) is 3.36. The average molecular weight is 276 g/mol. The quantitative estimate of drug-likeness (QED) is 0.834. The fourth-order valence-electron chi connectivity index (χ4n) is 3.02. The first-order chi connectivity index (χ1) is 9.15. The Kier molecular flexibility index (Phi) is 4.58. The monoisotopic (exact) mass is 276 g/mol. The van der Waals surface area contributed by atoms with Crippen molar-refractivity contribution in [2.24, 2.45) is 11.1 Å². The predicted octanol–water partition coefficient (Wildman–Crippen LogP) is 3.53. The average Bonchev–Trinajstić information content (AvgIpc) is 2.40. The fraction of sp³-hybridized carbons (Fsp3) is 0.562. The summed E-state index contributed by atoms with van der Waals surface area (Å²) in [6, 6.07) is 10.4. The lowest BCUT2D eigenvalue weighted by molar-refractivity contribution is 0.167. The highest BCUT2D eigenvalue weighted by molar-refractivity contribution is 7.80. The first-order valence-corrected chi connectivity index (χ1v) is 7.66. The Morgan fingerprint density at radius 3 is 2.26 bits per heavy atom. The molecule has 19 heavy (non-hydrogen) atoms. The topological polar surface area (TPSA) is 29.3 Å². The molecule has 1 aromatic rings. The standard InChI is InChI=1S/C16H24N2S/c1-3-18(4-2)15(19)16(11-8-12-16)14(17)13-9-6-5-7-10-13/h5-7,9-10,14H,3-4,8,11-12,17H2,1-2H3. The van der Waals surface area contributed by atoms with Gasteiger partial charge in [0.2, 0.25) is 0 Å². The van der Waals surface area contributed by atoms with Gasteiger partial charge in [0.15, 0.2) is 0 Å². The Morgan fingerprint density at radius 2 is 1.84 bits per heavy atom. The second-order valence-electron chi connectivity index (χ2n) is 5.38. The van der Waals surface area contributed by atoms with E-state index in [4.69, 9.17) is 18.0 Å². The van der Waals surface area contributed by atoms with Crippen molar-refractivity contribution in [1.29, 1.82) is 0 Å². The summed E-state index contributed by atoms with van der Waals surface area (Å²) in [5, 5.41) is 0. The third kappa shape index (κ3) is 2.54. The van der Waals surface area contributed by atoms with Gasteiger partial charge in [-0.25, -0.2) is 0 Å². The highest BCUT2D eigenvalue weighted by atomic mass is 32.1. The van der Waals surface area contributed by atoms with E-state index in [0.717, 1.165) is 30.9 Å². The zero-order valence-corrected chi connectivity index (χ0v) is 12.7. The molecule has 3 heteroatoms. The molecule has 1 aliphatic rings. The van der Waals surface area contributed by atoms with Gasteiger partial charge in [-0.15, -0.1) is 0 Å². The molecule has 1 atom stereocenters. The summed E-state index contributed by atoms with van der Waals surface area (Å²) in [5.41, 5.74) is 7.78. The zero-order valence-electron chi connectivity index (χ0n) is 11.9. The number of rotatable bonds is 5. The van der Waals surface area contributed by atoms with Crippen LogP contribution >= 0.6 is 12.2 Å². The van der Waals surface area contributed by atoms with E-state index in [2.05, 4.69) is 43.0 Å². The molecule has 0 saturated heterocycles. The molecule has 0 aromatic heterocycles. The summed E-state index contributed by atoms with van der Waals surface area (Å²) in [6.45, 7) is 6.27. The number of nitrogens with zero attached hydrogens (tertiary/aromatic N) is 1. The smallest absolute Gasteiger partial charge is 0.0860 e. The van der Waals surface area contributed by atoms with Gasteiger partial charge in [0, 0.05) is 24.5 Å².